The SMILES string of the molecule is O=C(CCC(=O)N1CCCN(c2nc3cccnc3s2)CC1)Nc1cccc(Cl)c1. The zero-order valence-corrected chi connectivity index (χ0v) is 18.0. The van der Waals surface area contributed by atoms with Crippen LogP contribution < -0.4 is 10.2 Å². The Labute approximate surface area is 183 Å². The van der Waals surface area contributed by atoms with Crippen LogP contribution in [0.1, 0.15) is 19.3 Å². The quantitative estimate of drug-likeness (QED) is 0.648. The van der Waals surface area contributed by atoms with Crippen LogP contribution in [0.4, 0.5) is 10.8 Å². The smallest absolute Gasteiger partial charge is 0.224 e. The zero-order valence-electron chi connectivity index (χ0n) is 16.4. The molecule has 1 aliphatic heterocycles. The number of carbonyl (C=O) groups is 2. The number of carbonyl (C=O) groups excluding carboxylic acids is 2. The third-order valence-corrected chi connectivity index (χ3v) is 6.22. The molecular formula is C21H22ClN5O2S. The molecule has 30 heavy (non-hydrogen) atoms. The predicted octanol–water partition coefficient (Wildman–Crippen LogP) is 3.80. The summed E-state index contributed by atoms with van der Waals surface area (Å²) in [4.78, 5) is 38.8. The molecule has 156 valence electrons. The second-order valence-electron chi connectivity index (χ2n) is 7.10. The number of hydrogen-bond acceptors (Lipinski definition) is 6. The van der Waals surface area contributed by atoms with E-state index in [0.717, 1.165) is 35.0 Å². The number of pyridine rings is 1. The Morgan fingerprint density at radius 2 is 2.00 bits per heavy atom. The molecule has 3 heterocycles. The van der Waals surface area contributed by atoms with Crippen molar-refractivity contribution < 1.29 is 9.59 Å². The highest BCUT2D eigenvalue weighted by Gasteiger charge is 2.21. The lowest BCUT2D eigenvalue weighted by Crippen LogP contribution is -2.35. The summed E-state index contributed by atoms with van der Waals surface area (Å²) in [5.74, 6) is -0.187. The Balaban J connectivity index is 1.28. The van der Waals surface area contributed by atoms with Gasteiger partial charge in [-0.15, -0.1) is 0 Å². The van der Waals surface area contributed by atoms with Crippen molar-refractivity contribution in [3.05, 3.63) is 47.6 Å². The maximum atomic E-state index is 12.6. The number of aromatic nitrogens is 2. The number of amides is 2. The van der Waals surface area contributed by atoms with Crippen molar-refractivity contribution in [1.29, 1.82) is 0 Å². The number of fused-ring (bicyclic) bond motifs is 1. The average molecular weight is 444 g/mol. The summed E-state index contributed by atoms with van der Waals surface area (Å²) in [7, 11) is 0. The number of nitrogens with one attached hydrogen (secondary N) is 1. The molecule has 0 saturated carbocycles. The van der Waals surface area contributed by atoms with Gasteiger partial charge in [-0.2, -0.15) is 0 Å². The monoisotopic (exact) mass is 443 g/mol. The Morgan fingerprint density at radius 3 is 2.83 bits per heavy atom. The molecule has 1 fully saturated rings. The Hall–Kier alpha value is -2.71. The van der Waals surface area contributed by atoms with E-state index >= 15 is 0 Å². The molecule has 2 aromatic heterocycles. The lowest BCUT2D eigenvalue weighted by molar-refractivity contribution is -0.132. The van der Waals surface area contributed by atoms with E-state index in [4.69, 9.17) is 11.6 Å². The summed E-state index contributed by atoms with van der Waals surface area (Å²) in [6, 6.07) is 10.8. The number of anilines is 2. The molecule has 0 unspecified atom stereocenters. The molecule has 2 amide bonds. The highest BCUT2D eigenvalue weighted by Crippen LogP contribution is 2.27. The summed E-state index contributed by atoms with van der Waals surface area (Å²) in [6.07, 6.45) is 2.98. The Bertz CT molecular complexity index is 1020. The number of hydrogen-bond donors (Lipinski definition) is 1. The molecular weight excluding hydrogens is 422 g/mol. The van der Waals surface area contributed by atoms with Gasteiger partial charge in [0.25, 0.3) is 0 Å². The van der Waals surface area contributed by atoms with Crippen molar-refractivity contribution >= 4 is 55.9 Å². The van der Waals surface area contributed by atoms with E-state index in [0.29, 0.717) is 23.8 Å². The predicted molar refractivity (Wildman–Crippen MR) is 120 cm³/mol. The van der Waals surface area contributed by atoms with Crippen LogP contribution in [0.25, 0.3) is 10.3 Å². The van der Waals surface area contributed by atoms with Gasteiger partial charge < -0.3 is 15.1 Å². The number of thiazole rings is 1. The Kier molecular flexibility index (Phi) is 6.44. The van der Waals surface area contributed by atoms with E-state index < -0.39 is 0 Å². The van der Waals surface area contributed by atoms with Crippen molar-refractivity contribution in [2.75, 3.05) is 36.4 Å². The molecule has 0 spiro atoms. The molecule has 0 aliphatic carbocycles. The van der Waals surface area contributed by atoms with Crippen LogP contribution in [0.3, 0.4) is 0 Å². The first-order chi connectivity index (χ1) is 14.6. The number of benzene rings is 1. The van der Waals surface area contributed by atoms with Crippen LogP contribution in [0, 0.1) is 0 Å². The summed E-state index contributed by atoms with van der Waals surface area (Å²) in [5, 5.41) is 4.28. The van der Waals surface area contributed by atoms with Crippen molar-refractivity contribution in [1.82, 2.24) is 14.9 Å². The molecule has 1 aromatic carbocycles. The molecule has 3 aromatic rings. The van der Waals surface area contributed by atoms with Gasteiger partial charge in [0, 0.05) is 55.9 Å². The van der Waals surface area contributed by atoms with Gasteiger partial charge in [-0.1, -0.05) is 29.0 Å². The van der Waals surface area contributed by atoms with Crippen molar-refractivity contribution in [2.45, 2.75) is 19.3 Å². The first-order valence-corrected chi connectivity index (χ1v) is 11.1. The normalized spacial score (nSPS) is 14.6. The van der Waals surface area contributed by atoms with Gasteiger partial charge >= 0.3 is 0 Å². The zero-order chi connectivity index (χ0) is 20.9. The maximum absolute atomic E-state index is 12.6. The van der Waals surface area contributed by atoms with Crippen LogP contribution in [0.5, 0.6) is 0 Å². The summed E-state index contributed by atoms with van der Waals surface area (Å²) in [6.45, 7) is 2.88. The third kappa shape index (κ3) is 5.06. The summed E-state index contributed by atoms with van der Waals surface area (Å²) in [5.41, 5.74) is 1.54. The van der Waals surface area contributed by atoms with Gasteiger partial charge in [0.2, 0.25) is 11.8 Å². The van der Waals surface area contributed by atoms with E-state index in [1.807, 2.05) is 17.0 Å². The van der Waals surface area contributed by atoms with Crippen molar-refractivity contribution in [2.24, 2.45) is 0 Å². The summed E-state index contributed by atoms with van der Waals surface area (Å²) >= 11 is 7.51. The van der Waals surface area contributed by atoms with E-state index in [9.17, 15) is 9.59 Å². The van der Waals surface area contributed by atoms with E-state index in [2.05, 4.69) is 20.2 Å². The number of rotatable bonds is 5. The van der Waals surface area contributed by atoms with Gasteiger partial charge in [-0.3, -0.25) is 9.59 Å². The minimum atomic E-state index is -0.191. The third-order valence-electron chi connectivity index (χ3n) is 4.95. The fourth-order valence-corrected chi connectivity index (χ4v) is 4.57. The minimum Gasteiger partial charge on any atom is -0.346 e. The van der Waals surface area contributed by atoms with Gasteiger partial charge in [0.05, 0.1) is 0 Å². The number of nitrogens with zero attached hydrogens (tertiary/aromatic N) is 4. The largest absolute Gasteiger partial charge is 0.346 e. The minimum absolute atomic E-state index is 0.00376. The molecule has 9 heteroatoms. The van der Waals surface area contributed by atoms with Crippen LogP contribution in [0.2, 0.25) is 5.02 Å². The van der Waals surface area contributed by atoms with Gasteiger partial charge in [0.15, 0.2) is 5.13 Å². The molecule has 1 N–H and O–H groups in total. The second-order valence-corrected chi connectivity index (χ2v) is 8.50. The van der Waals surface area contributed by atoms with Gasteiger partial charge in [-0.25, -0.2) is 9.97 Å². The number of halogens is 1. The molecule has 0 atom stereocenters. The topological polar surface area (TPSA) is 78.4 Å². The van der Waals surface area contributed by atoms with E-state index in [-0.39, 0.29) is 24.7 Å². The molecule has 1 aliphatic rings. The maximum Gasteiger partial charge on any atom is 0.224 e. The average Bonchev–Trinajstić information content (AvgIpc) is 3.01. The summed E-state index contributed by atoms with van der Waals surface area (Å²) < 4.78 is 0. The molecule has 1 saturated heterocycles. The highest BCUT2D eigenvalue weighted by molar-refractivity contribution is 7.21. The lowest BCUT2D eigenvalue weighted by atomic mass is 10.2. The van der Waals surface area contributed by atoms with Gasteiger partial charge in [0.1, 0.15) is 10.3 Å². The van der Waals surface area contributed by atoms with E-state index in [1.54, 1.807) is 41.8 Å². The first kappa shape index (κ1) is 20.6. The Morgan fingerprint density at radius 1 is 1.10 bits per heavy atom. The fraction of sp³-hybridized carbons (Fsp3) is 0.333. The lowest BCUT2D eigenvalue weighted by Gasteiger charge is -2.21. The highest BCUT2D eigenvalue weighted by atomic mass is 35.5. The standard InChI is InChI=1S/C21H22ClN5O2S/c22-15-4-1-5-16(14-15)24-18(28)7-8-19(29)26-10-3-11-27(13-12-26)21-25-17-6-2-9-23-20(17)30-21/h1-2,4-6,9,14H,3,7-8,10-13H2,(H,24,28). The van der Waals surface area contributed by atoms with Gasteiger partial charge in [-0.05, 0) is 36.8 Å². The van der Waals surface area contributed by atoms with Crippen molar-refractivity contribution in [3.63, 3.8) is 0 Å². The van der Waals surface area contributed by atoms with Crippen LogP contribution in [0.15, 0.2) is 42.6 Å². The second kappa shape index (κ2) is 9.40. The molecule has 0 radical (unpaired) electrons. The van der Waals surface area contributed by atoms with E-state index in [1.165, 1.54) is 0 Å². The molecule has 7 nitrogen and oxygen atoms in total. The molecule has 0 bridgehead atoms. The van der Waals surface area contributed by atoms with Crippen molar-refractivity contribution in [3.8, 4) is 0 Å². The fourth-order valence-electron chi connectivity index (χ4n) is 3.42. The van der Waals surface area contributed by atoms with Crippen LogP contribution in [-0.2, 0) is 9.59 Å². The first-order valence-electron chi connectivity index (χ1n) is 9.88. The van der Waals surface area contributed by atoms with Crippen LogP contribution >= 0.6 is 22.9 Å². The van der Waals surface area contributed by atoms with Crippen LogP contribution in [-0.4, -0.2) is 52.9 Å². The molecule has 4 rings (SSSR count).